The third kappa shape index (κ3) is 2.98. The number of H-pyrrole nitrogens is 1. The molecule has 30 heavy (non-hydrogen) atoms. The van der Waals surface area contributed by atoms with Gasteiger partial charge in [-0.2, -0.15) is 0 Å². The number of aromatic hydroxyl groups is 2. The number of rotatable bonds is 3. The first kappa shape index (κ1) is 20.4. The summed E-state index contributed by atoms with van der Waals surface area (Å²) in [6.07, 6.45) is 3.67. The number of carbonyl (C=O) groups excluding carboxylic acids is 2. The van der Waals surface area contributed by atoms with Crippen LogP contribution >= 0.6 is 12.4 Å². The third-order valence-corrected chi connectivity index (χ3v) is 5.95. The summed E-state index contributed by atoms with van der Waals surface area (Å²) in [6, 6.07) is 6.99. The predicted octanol–water partition coefficient (Wildman–Crippen LogP) is 2.62. The van der Waals surface area contributed by atoms with Crippen molar-refractivity contribution in [3.05, 3.63) is 58.4 Å². The van der Waals surface area contributed by atoms with Crippen LogP contribution < -0.4 is 10.6 Å². The second-order valence-corrected chi connectivity index (χ2v) is 7.62. The number of benzene rings is 2. The number of piperidine rings is 1. The van der Waals surface area contributed by atoms with Crippen LogP contribution in [0.15, 0.2) is 30.5 Å². The van der Waals surface area contributed by atoms with E-state index in [9.17, 15) is 19.8 Å². The number of fused-ring (bicyclic) bond motifs is 3. The number of carbonyl (C=O) groups is 2. The van der Waals surface area contributed by atoms with Gasteiger partial charge in [0.25, 0.3) is 0 Å². The van der Waals surface area contributed by atoms with Gasteiger partial charge in [-0.1, -0.05) is 24.3 Å². The number of halogens is 1. The van der Waals surface area contributed by atoms with E-state index in [2.05, 4.69) is 15.6 Å². The van der Waals surface area contributed by atoms with E-state index in [1.54, 1.807) is 30.5 Å². The number of ketones is 2. The second-order valence-electron chi connectivity index (χ2n) is 7.62. The lowest BCUT2D eigenvalue weighted by atomic mass is 9.83. The van der Waals surface area contributed by atoms with Crippen molar-refractivity contribution in [2.45, 2.75) is 25.4 Å². The molecular weight excluding hydrogens is 406 g/mol. The Bertz CT molecular complexity index is 1160. The number of aromatic amines is 1. The number of hydrogen-bond acceptors (Lipinski definition) is 6. The molecule has 0 atom stereocenters. The molecule has 1 aromatic heterocycles. The maximum Gasteiger partial charge on any atom is 0.214 e. The molecule has 7 nitrogen and oxygen atoms in total. The van der Waals surface area contributed by atoms with Crippen molar-refractivity contribution in [3.8, 4) is 11.5 Å². The van der Waals surface area contributed by atoms with Crippen LogP contribution in [0.1, 0.15) is 50.4 Å². The lowest BCUT2D eigenvalue weighted by Gasteiger charge is -2.24. The van der Waals surface area contributed by atoms with Crippen LogP contribution in [0.3, 0.4) is 0 Å². The van der Waals surface area contributed by atoms with Crippen molar-refractivity contribution in [3.63, 3.8) is 0 Å². The largest absolute Gasteiger partial charge is 0.506 e. The second kappa shape index (κ2) is 7.75. The van der Waals surface area contributed by atoms with Crippen molar-refractivity contribution in [1.82, 2.24) is 15.6 Å². The maximum atomic E-state index is 13.3. The Morgan fingerprint density at radius 2 is 1.53 bits per heavy atom. The SMILES string of the molecule is Cl.O=C1c2[nH]cc(CNC3CCNCC3)c2C(=O)c2c1c(O)c1ccccc1c2O. The summed E-state index contributed by atoms with van der Waals surface area (Å²) in [5.41, 5.74) is 0.859. The van der Waals surface area contributed by atoms with Gasteiger partial charge in [0, 0.05) is 29.6 Å². The molecule has 1 aliphatic heterocycles. The quantitative estimate of drug-likeness (QED) is 0.321. The van der Waals surface area contributed by atoms with E-state index in [4.69, 9.17) is 0 Å². The fourth-order valence-corrected chi connectivity index (χ4v) is 4.42. The van der Waals surface area contributed by atoms with E-state index in [1.165, 1.54) is 0 Å². The minimum Gasteiger partial charge on any atom is -0.506 e. The minimum atomic E-state index is -0.485. The number of phenols is 2. The van der Waals surface area contributed by atoms with Crippen molar-refractivity contribution in [1.29, 1.82) is 0 Å². The molecule has 5 N–H and O–H groups in total. The third-order valence-electron chi connectivity index (χ3n) is 5.95. The number of hydrogen-bond donors (Lipinski definition) is 5. The average Bonchev–Trinajstić information content (AvgIpc) is 3.18. The highest BCUT2D eigenvalue weighted by atomic mass is 35.5. The summed E-state index contributed by atoms with van der Waals surface area (Å²) >= 11 is 0. The topological polar surface area (TPSA) is 114 Å². The van der Waals surface area contributed by atoms with Gasteiger partial charge in [0.2, 0.25) is 5.78 Å². The molecule has 3 aromatic rings. The first-order valence-electron chi connectivity index (χ1n) is 9.78. The van der Waals surface area contributed by atoms with Gasteiger partial charge in [-0.05, 0) is 31.5 Å². The fourth-order valence-electron chi connectivity index (χ4n) is 4.42. The highest BCUT2D eigenvalue weighted by Crippen LogP contribution is 2.44. The molecule has 1 saturated heterocycles. The summed E-state index contributed by atoms with van der Waals surface area (Å²) < 4.78 is 0. The molecule has 2 aliphatic rings. The van der Waals surface area contributed by atoms with Crippen molar-refractivity contribution >= 4 is 34.7 Å². The van der Waals surface area contributed by atoms with Gasteiger partial charge in [-0.25, -0.2) is 0 Å². The average molecular weight is 428 g/mol. The molecule has 8 heteroatoms. The first-order valence-corrected chi connectivity index (χ1v) is 9.78. The highest BCUT2D eigenvalue weighted by Gasteiger charge is 2.38. The minimum absolute atomic E-state index is 0. The van der Waals surface area contributed by atoms with E-state index in [0.717, 1.165) is 25.9 Å². The maximum absolute atomic E-state index is 13.3. The number of phenolic OH excluding ortho intramolecular Hbond substituents is 2. The Morgan fingerprint density at radius 3 is 2.17 bits per heavy atom. The molecule has 0 radical (unpaired) electrons. The van der Waals surface area contributed by atoms with Gasteiger partial charge >= 0.3 is 0 Å². The standard InChI is InChI=1S/C22H21N3O4.ClH/c26-19-13-3-1-2-4-14(13)20(27)17-16(19)21(28)15-11(10-25-18(15)22(17)29)9-24-12-5-7-23-8-6-12;/h1-4,10,12,23-27H,5-9H2;1H. The summed E-state index contributed by atoms with van der Waals surface area (Å²) in [7, 11) is 0. The van der Waals surface area contributed by atoms with Crippen LogP contribution in [0.25, 0.3) is 10.8 Å². The highest BCUT2D eigenvalue weighted by molar-refractivity contribution is 6.32. The van der Waals surface area contributed by atoms with Crippen molar-refractivity contribution in [2.24, 2.45) is 0 Å². The molecule has 1 fully saturated rings. The zero-order chi connectivity index (χ0) is 20.1. The molecule has 156 valence electrons. The van der Waals surface area contributed by atoms with Gasteiger partial charge in [0.15, 0.2) is 5.78 Å². The molecule has 1 aliphatic carbocycles. The van der Waals surface area contributed by atoms with Crippen LogP contribution in [0.4, 0.5) is 0 Å². The Morgan fingerprint density at radius 1 is 0.933 bits per heavy atom. The van der Waals surface area contributed by atoms with E-state index in [-0.39, 0.29) is 46.3 Å². The first-order chi connectivity index (χ1) is 14.1. The molecule has 0 unspecified atom stereocenters. The zero-order valence-electron chi connectivity index (χ0n) is 16.1. The molecular formula is C22H22ClN3O4. The molecule has 0 bridgehead atoms. The zero-order valence-corrected chi connectivity index (χ0v) is 16.9. The number of aromatic nitrogens is 1. The summed E-state index contributed by atoms with van der Waals surface area (Å²) in [5.74, 6) is -1.48. The van der Waals surface area contributed by atoms with Crippen LogP contribution in [-0.4, -0.2) is 45.9 Å². The molecule has 0 spiro atoms. The van der Waals surface area contributed by atoms with Gasteiger partial charge < -0.3 is 25.8 Å². The Kier molecular flexibility index (Phi) is 5.27. The van der Waals surface area contributed by atoms with Crippen LogP contribution in [0, 0.1) is 0 Å². The fraction of sp³-hybridized carbons (Fsp3) is 0.273. The number of nitrogens with one attached hydrogen (secondary N) is 3. The Hall–Kier alpha value is -2.87. The van der Waals surface area contributed by atoms with E-state index in [1.807, 2.05) is 0 Å². The lowest BCUT2D eigenvalue weighted by molar-refractivity contribution is 0.0972. The molecule has 2 heterocycles. The Labute approximate surface area is 178 Å². The van der Waals surface area contributed by atoms with Crippen LogP contribution in [0.5, 0.6) is 11.5 Å². The van der Waals surface area contributed by atoms with Crippen LogP contribution in [-0.2, 0) is 6.54 Å². The monoisotopic (exact) mass is 427 g/mol. The summed E-state index contributed by atoms with van der Waals surface area (Å²) in [5, 5.41) is 28.9. The normalized spacial score (nSPS) is 16.3. The molecule has 5 rings (SSSR count). The van der Waals surface area contributed by atoms with Crippen LogP contribution in [0.2, 0.25) is 0 Å². The van der Waals surface area contributed by atoms with E-state index in [0.29, 0.717) is 28.9 Å². The van der Waals surface area contributed by atoms with Gasteiger partial charge in [0.1, 0.15) is 11.5 Å². The molecule has 0 saturated carbocycles. The van der Waals surface area contributed by atoms with Gasteiger partial charge in [0.05, 0.1) is 22.4 Å². The van der Waals surface area contributed by atoms with Crippen molar-refractivity contribution in [2.75, 3.05) is 13.1 Å². The van der Waals surface area contributed by atoms with Gasteiger partial charge in [-0.15, -0.1) is 12.4 Å². The predicted molar refractivity (Wildman–Crippen MR) is 115 cm³/mol. The Balaban J connectivity index is 0.00000218. The van der Waals surface area contributed by atoms with E-state index >= 15 is 0 Å². The molecule has 2 aromatic carbocycles. The smallest absolute Gasteiger partial charge is 0.214 e. The summed E-state index contributed by atoms with van der Waals surface area (Å²) in [4.78, 5) is 29.3. The van der Waals surface area contributed by atoms with Crippen molar-refractivity contribution < 1.29 is 19.8 Å². The van der Waals surface area contributed by atoms with Gasteiger partial charge in [-0.3, -0.25) is 9.59 Å². The summed E-state index contributed by atoms with van der Waals surface area (Å²) in [6.45, 7) is 2.35. The lowest BCUT2D eigenvalue weighted by Crippen LogP contribution is -2.39. The molecule has 0 amide bonds. The van der Waals surface area contributed by atoms with E-state index < -0.39 is 11.6 Å².